The number of hydrogen-bond donors (Lipinski definition) is 4. The maximum atomic E-state index is 11.6. The summed E-state index contributed by atoms with van der Waals surface area (Å²) in [6.45, 7) is 1.82. The van der Waals surface area contributed by atoms with Crippen LogP contribution in [-0.2, 0) is 4.79 Å². The van der Waals surface area contributed by atoms with Gasteiger partial charge in [0.1, 0.15) is 16.9 Å². The predicted octanol–water partition coefficient (Wildman–Crippen LogP) is 1.33. The largest absolute Gasteiger partial charge is 0.368 e. The highest BCUT2D eigenvalue weighted by Crippen LogP contribution is 2.41. The quantitative estimate of drug-likeness (QED) is 0.554. The Bertz CT molecular complexity index is 803. The fourth-order valence-electron chi connectivity index (χ4n) is 2.31. The van der Waals surface area contributed by atoms with Crippen molar-refractivity contribution < 1.29 is 9.59 Å². The van der Waals surface area contributed by atoms with Crippen LogP contribution < -0.4 is 22.1 Å². The minimum Gasteiger partial charge on any atom is -0.368 e. The first-order chi connectivity index (χ1) is 12.0. The van der Waals surface area contributed by atoms with Crippen molar-refractivity contribution >= 4 is 40.0 Å². The summed E-state index contributed by atoms with van der Waals surface area (Å²) in [6.07, 6.45) is 4.15. The van der Waals surface area contributed by atoms with E-state index in [1.54, 1.807) is 0 Å². The molecule has 2 aromatic heterocycles. The third-order valence-electron chi connectivity index (χ3n) is 3.85. The normalized spacial score (nSPS) is 14.8. The highest BCUT2D eigenvalue weighted by Gasteiger charge is 2.26. The maximum Gasteiger partial charge on any atom is 0.271 e. The lowest BCUT2D eigenvalue weighted by atomic mass is 10.2. The number of aromatic nitrogens is 3. The van der Waals surface area contributed by atoms with E-state index in [0.717, 1.165) is 23.5 Å². The van der Waals surface area contributed by atoms with Crippen LogP contribution in [0.15, 0.2) is 12.3 Å². The minimum absolute atomic E-state index is 0.0130. The Morgan fingerprint density at radius 3 is 2.76 bits per heavy atom. The fraction of sp³-hybridized carbons (Fsp3) is 0.400. The van der Waals surface area contributed by atoms with Crippen molar-refractivity contribution in [3.05, 3.63) is 23.7 Å². The molecule has 132 valence electrons. The summed E-state index contributed by atoms with van der Waals surface area (Å²) in [5, 5.41) is 6.69. The Morgan fingerprint density at radius 2 is 2.16 bits per heavy atom. The average molecular weight is 361 g/mol. The van der Waals surface area contributed by atoms with Crippen LogP contribution in [0.5, 0.6) is 0 Å². The van der Waals surface area contributed by atoms with Gasteiger partial charge in [-0.1, -0.05) is 6.92 Å². The Morgan fingerprint density at radius 1 is 1.40 bits per heavy atom. The number of hydrogen-bond acceptors (Lipinski definition) is 8. The van der Waals surface area contributed by atoms with Crippen molar-refractivity contribution in [3.8, 4) is 0 Å². The molecule has 0 spiro atoms. The summed E-state index contributed by atoms with van der Waals surface area (Å²) < 4.78 is 4.39. The molecule has 9 nitrogen and oxygen atoms in total. The molecule has 0 bridgehead atoms. The fourth-order valence-corrected chi connectivity index (χ4v) is 3.04. The van der Waals surface area contributed by atoms with Gasteiger partial charge in [0.25, 0.3) is 5.91 Å². The van der Waals surface area contributed by atoms with E-state index in [9.17, 15) is 9.59 Å². The average Bonchev–Trinajstić information content (AvgIpc) is 3.32. The molecule has 2 heterocycles. The molecule has 1 fully saturated rings. The van der Waals surface area contributed by atoms with Crippen LogP contribution in [-0.4, -0.2) is 32.2 Å². The van der Waals surface area contributed by atoms with E-state index >= 15 is 0 Å². The third-order valence-corrected chi connectivity index (χ3v) is 4.56. The Balaban J connectivity index is 1.84. The summed E-state index contributed by atoms with van der Waals surface area (Å²) >= 11 is 1.29. The molecule has 3 rings (SSSR count). The highest BCUT2D eigenvalue weighted by atomic mass is 32.1. The standard InChI is InChI=1S/C15H19N7O2S/c1-2-8(13(16)23)19-10-6-18-12(14(17)24)15(20-10)21-11-5-9(22-25-11)7-3-4-7/h5-8H,2-4H2,1H3,(H2,16,23)(H2,17,24)(H2,19,20,21). The number of carbonyl (C=O) groups excluding carboxylic acids is 2. The number of amides is 2. The van der Waals surface area contributed by atoms with Crippen LogP contribution in [0.25, 0.3) is 0 Å². The zero-order chi connectivity index (χ0) is 18.0. The zero-order valence-corrected chi connectivity index (χ0v) is 14.5. The van der Waals surface area contributed by atoms with Crippen molar-refractivity contribution in [3.63, 3.8) is 0 Å². The molecule has 0 aliphatic heterocycles. The lowest BCUT2D eigenvalue weighted by Gasteiger charge is -2.15. The first-order valence-corrected chi connectivity index (χ1v) is 8.71. The minimum atomic E-state index is -0.699. The molecule has 25 heavy (non-hydrogen) atoms. The van der Waals surface area contributed by atoms with Gasteiger partial charge >= 0.3 is 0 Å². The van der Waals surface area contributed by atoms with Crippen molar-refractivity contribution in [2.45, 2.75) is 38.1 Å². The van der Waals surface area contributed by atoms with E-state index in [-0.39, 0.29) is 11.5 Å². The van der Waals surface area contributed by atoms with Crippen LogP contribution in [0, 0.1) is 0 Å². The highest BCUT2D eigenvalue weighted by molar-refractivity contribution is 7.10. The Labute approximate surface area is 148 Å². The smallest absolute Gasteiger partial charge is 0.271 e. The van der Waals surface area contributed by atoms with Crippen LogP contribution in [0.2, 0.25) is 0 Å². The van der Waals surface area contributed by atoms with E-state index in [1.807, 2.05) is 13.0 Å². The van der Waals surface area contributed by atoms with Crippen LogP contribution >= 0.6 is 11.5 Å². The number of carbonyl (C=O) groups is 2. The van der Waals surface area contributed by atoms with Gasteiger partial charge in [-0.05, 0) is 36.9 Å². The van der Waals surface area contributed by atoms with Gasteiger partial charge in [-0.15, -0.1) is 0 Å². The van der Waals surface area contributed by atoms with Crippen molar-refractivity contribution in [1.82, 2.24) is 14.3 Å². The van der Waals surface area contributed by atoms with Gasteiger partial charge in [-0.3, -0.25) is 9.59 Å². The second kappa shape index (κ2) is 7.01. The summed E-state index contributed by atoms with van der Waals surface area (Å²) in [7, 11) is 0. The summed E-state index contributed by atoms with van der Waals surface area (Å²) in [6, 6.07) is 1.36. The van der Waals surface area contributed by atoms with Gasteiger partial charge in [-0.25, -0.2) is 9.97 Å². The molecule has 0 radical (unpaired) electrons. The van der Waals surface area contributed by atoms with Gasteiger partial charge in [0, 0.05) is 5.92 Å². The maximum absolute atomic E-state index is 11.6. The number of nitrogens with zero attached hydrogens (tertiary/aromatic N) is 3. The number of rotatable bonds is 8. The van der Waals surface area contributed by atoms with Crippen molar-refractivity contribution in [1.29, 1.82) is 0 Å². The number of nitrogens with two attached hydrogens (primary N) is 2. The van der Waals surface area contributed by atoms with E-state index in [4.69, 9.17) is 11.5 Å². The van der Waals surface area contributed by atoms with Gasteiger partial charge in [0.2, 0.25) is 5.91 Å². The molecule has 1 unspecified atom stereocenters. The third kappa shape index (κ3) is 4.02. The van der Waals surface area contributed by atoms with Gasteiger partial charge in [0.15, 0.2) is 11.5 Å². The van der Waals surface area contributed by atoms with E-state index < -0.39 is 17.9 Å². The summed E-state index contributed by atoms with van der Waals surface area (Å²) in [5.74, 6) is -0.125. The molecule has 10 heteroatoms. The SMILES string of the molecule is CCC(Nc1cnc(C(N)=O)c(Nc2cc(C3CC3)ns2)n1)C(N)=O. The summed E-state index contributed by atoms with van der Waals surface area (Å²) in [5.41, 5.74) is 11.7. The molecule has 0 saturated heterocycles. The van der Waals surface area contributed by atoms with Crippen LogP contribution in [0.4, 0.5) is 16.6 Å². The number of nitrogens with one attached hydrogen (secondary N) is 2. The van der Waals surface area contributed by atoms with Crippen LogP contribution in [0.1, 0.15) is 48.3 Å². The van der Waals surface area contributed by atoms with Gasteiger partial charge in [-0.2, -0.15) is 4.37 Å². The first-order valence-electron chi connectivity index (χ1n) is 7.94. The molecular weight excluding hydrogens is 342 g/mol. The zero-order valence-electron chi connectivity index (χ0n) is 13.7. The molecule has 1 aliphatic carbocycles. The molecular formula is C15H19N7O2S. The second-order valence-electron chi connectivity index (χ2n) is 5.84. The molecule has 6 N–H and O–H groups in total. The van der Waals surface area contributed by atoms with Crippen LogP contribution in [0.3, 0.4) is 0 Å². The predicted molar refractivity (Wildman–Crippen MR) is 94.8 cm³/mol. The molecule has 2 amide bonds. The second-order valence-corrected chi connectivity index (χ2v) is 6.64. The molecule has 1 atom stereocenters. The number of anilines is 3. The lowest BCUT2D eigenvalue weighted by molar-refractivity contribution is -0.118. The van der Waals surface area contributed by atoms with Gasteiger partial charge < -0.3 is 22.1 Å². The van der Waals surface area contributed by atoms with E-state index in [1.165, 1.54) is 17.7 Å². The molecule has 1 saturated carbocycles. The topological polar surface area (TPSA) is 149 Å². The molecule has 1 aliphatic rings. The molecule has 0 aromatic carbocycles. The van der Waals surface area contributed by atoms with Crippen molar-refractivity contribution in [2.24, 2.45) is 11.5 Å². The lowest BCUT2D eigenvalue weighted by Crippen LogP contribution is -2.35. The first kappa shape index (κ1) is 17.1. The summed E-state index contributed by atoms with van der Waals surface area (Å²) in [4.78, 5) is 31.3. The van der Waals surface area contributed by atoms with E-state index in [0.29, 0.717) is 18.2 Å². The Hall–Kier alpha value is -2.75. The van der Waals surface area contributed by atoms with E-state index in [2.05, 4.69) is 25.0 Å². The van der Waals surface area contributed by atoms with Crippen molar-refractivity contribution in [2.75, 3.05) is 10.6 Å². The molecule has 2 aromatic rings. The Kier molecular flexibility index (Phi) is 4.79. The monoisotopic (exact) mass is 361 g/mol. The van der Waals surface area contributed by atoms with Gasteiger partial charge in [0.05, 0.1) is 11.9 Å². The number of primary amides is 2.